The van der Waals surface area contributed by atoms with Crippen molar-refractivity contribution >= 4 is 5.91 Å². The molecule has 0 radical (unpaired) electrons. The van der Waals surface area contributed by atoms with E-state index >= 15 is 0 Å². The van der Waals surface area contributed by atoms with Gasteiger partial charge in [0, 0.05) is 23.5 Å². The summed E-state index contributed by atoms with van der Waals surface area (Å²) < 4.78 is 6.52. The maximum absolute atomic E-state index is 12.2. The molecule has 0 saturated heterocycles. The van der Waals surface area contributed by atoms with Crippen LogP contribution in [0.1, 0.15) is 47.4 Å². The van der Waals surface area contributed by atoms with E-state index in [1.165, 1.54) is 12.4 Å². The Hall–Kier alpha value is -2.70. The van der Waals surface area contributed by atoms with Gasteiger partial charge in [-0.15, -0.1) is 0 Å². The lowest BCUT2D eigenvalue weighted by Gasteiger charge is -2.28. The van der Waals surface area contributed by atoms with Crippen LogP contribution < -0.4 is 14.8 Å². The van der Waals surface area contributed by atoms with Crippen LogP contribution in [0.3, 0.4) is 0 Å². The number of aryl methyl sites for hydroxylation is 2. The molecule has 7 nitrogen and oxygen atoms in total. The molecule has 1 saturated carbocycles. The van der Waals surface area contributed by atoms with Crippen LogP contribution in [0.15, 0.2) is 30.6 Å². The molecular formula is C18H22N4O3. The van der Waals surface area contributed by atoms with E-state index in [0.717, 1.165) is 37.1 Å². The first-order chi connectivity index (χ1) is 12.0. The number of carbonyl (C=O) groups is 1. The fourth-order valence-electron chi connectivity index (χ4n) is 3.08. The molecular weight excluding hydrogens is 320 g/mol. The highest BCUT2D eigenvalue weighted by atomic mass is 16.5. The summed E-state index contributed by atoms with van der Waals surface area (Å²) in [4.78, 5) is 20.8. The summed E-state index contributed by atoms with van der Waals surface area (Å²) in [5.41, 5.74) is 2.16. The molecule has 0 aliphatic heterocycles. The van der Waals surface area contributed by atoms with E-state index in [9.17, 15) is 10.0 Å². The van der Waals surface area contributed by atoms with Gasteiger partial charge >= 0.3 is 6.01 Å². The smallest absolute Gasteiger partial charge is 0.317 e. The zero-order chi connectivity index (χ0) is 17.8. The Morgan fingerprint density at radius 3 is 2.56 bits per heavy atom. The Morgan fingerprint density at radius 2 is 1.92 bits per heavy atom. The first-order valence-electron chi connectivity index (χ1n) is 8.48. The normalized spacial score (nSPS) is 20.1. The lowest BCUT2D eigenvalue weighted by atomic mass is 9.93. The maximum atomic E-state index is 12.2. The molecule has 0 bridgehead atoms. The predicted octanol–water partition coefficient (Wildman–Crippen LogP) is 1.85. The summed E-state index contributed by atoms with van der Waals surface area (Å²) in [6, 6.07) is 5.63. The van der Waals surface area contributed by atoms with Crippen molar-refractivity contribution in [3.05, 3.63) is 52.8 Å². The van der Waals surface area contributed by atoms with Gasteiger partial charge in [-0.3, -0.25) is 4.79 Å². The third-order valence-corrected chi connectivity index (χ3v) is 4.28. The van der Waals surface area contributed by atoms with E-state index in [1.54, 1.807) is 12.1 Å². The zero-order valence-electron chi connectivity index (χ0n) is 14.4. The van der Waals surface area contributed by atoms with Crippen LogP contribution >= 0.6 is 0 Å². The molecule has 3 rings (SSSR count). The molecule has 0 unspecified atom stereocenters. The summed E-state index contributed by atoms with van der Waals surface area (Å²) in [5.74, 6) is -0.216. The van der Waals surface area contributed by atoms with Gasteiger partial charge in [0.15, 0.2) is 12.4 Å². The maximum Gasteiger partial charge on any atom is 0.317 e. The van der Waals surface area contributed by atoms with Crippen LogP contribution in [0.2, 0.25) is 0 Å². The van der Waals surface area contributed by atoms with Gasteiger partial charge in [-0.1, -0.05) is 0 Å². The second kappa shape index (κ2) is 7.46. The van der Waals surface area contributed by atoms with Gasteiger partial charge in [0.25, 0.3) is 5.91 Å². The predicted molar refractivity (Wildman–Crippen MR) is 91.0 cm³/mol. The number of carbonyl (C=O) groups excluding carboxylic acids is 1. The number of aromatic nitrogens is 3. The molecule has 1 fully saturated rings. The second-order valence-electron chi connectivity index (χ2n) is 6.45. The number of amides is 1. The van der Waals surface area contributed by atoms with Gasteiger partial charge in [0.2, 0.25) is 0 Å². The van der Waals surface area contributed by atoms with Crippen molar-refractivity contribution < 1.29 is 14.3 Å². The van der Waals surface area contributed by atoms with Gasteiger partial charge in [0.1, 0.15) is 11.7 Å². The fourth-order valence-corrected chi connectivity index (χ4v) is 3.08. The summed E-state index contributed by atoms with van der Waals surface area (Å²) in [7, 11) is 0. The van der Waals surface area contributed by atoms with E-state index in [2.05, 4.69) is 15.3 Å². The van der Waals surface area contributed by atoms with Crippen LogP contribution in [0.5, 0.6) is 6.01 Å². The monoisotopic (exact) mass is 342 g/mol. The average molecular weight is 342 g/mol. The number of nitrogens with zero attached hydrogens (tertiary/aromatic N) is 3. The molecule has 7 heteroatoms. The van der Waals surface area contributed by atoms with Crippen LogP contribution in [-0.2, 0) is 0 Å². The van der Waals surface area contributed by atoms with E-state index in [4.69, 9.17) is 4.74 Å². The first-order valence-corrected chi connectivity index (χ1v) is 8.48. The Labute approximate surface area is 146 Å². The second-order valence-corrected chi connectivity index (χ2v) is 6.45. The van der Waals surface area contributed by atoms with Crippen molar-refractivity contribution in [3.63, 3.8) is 0 Å². The highest BCUT2D eigenvalue weighted by molar-refractivity contribution is 5.93. The molecule has 0 aromatic carbocycles. The van der Waals surface area contributed by atoms with Gasteiger partial charge in [0.05, 0.1) is 0 Å². The van der Waals surface area contributed by atoms with Gasteiger partial charge in [-0.05, 0) is 51.7 Å². The van der Waals surface area contributed by atoms with Crippen molar-refractivity contribution in [2.45, 2.75) is 51.7 Å². The lowest BCUT2D eigenvalue weighted by molar-refractivity contribution is -0.605. The van der Waals surface area contributed by atoms with E-state index in [1.807, 2.05) is 19.9 Å². The molecule has 2 aromatic rings. The van der Waals surface area contributed by atoms with E-state index in [0.29, 0.717) is 16.3 Å². The Kier molecular flexibility index (Phi) is 5.11. The van der Waals surface area contributed by atoms with Crippen LogP contribution in [0.4, 0.5) is 0 Å². The minimum atomic E-state index is -0.216. The Bertz CT molecular complexity index is 737. The molecule has 2 aromatic heterocycles. The number of hydrogen-bond acceptors (Lipinski definition) is 5. The van der Waals surface area contributed by atoms with Crippen molar-refractivity contribution in [1.82, 2.24) is 15.3 Å². The molecule has 1 aliphatic carbocycles. The standard InChI is InChI=1S/C18H22N4O3/c1-12-10-13(2)20-18(19-12)25-16-7-5-15(6-8-16)21-17(23)14-4-3-9-22(24)11-14/h3-4,9-11,15-16H,5-8H2,1-2H3,(H,21,23). The number of nitrogens with one attached hydrogen (secondary N) is 1. The molecule has 1 aliphatic rings. The van der Waals surface area contributed by atoms with Gasteiger partial charge < -0.3 is 15.3 Å². The summed E-state index contributed by atoms with van der Waals surface area (Å²) >= 11 is 0. The third kappa shape index (κ3) is 4.65. The molecule has 0 atom stereocenters. The largest absolute Gasteiger partial charge is 0.619 e. The van der Waals surface area contributed by atoms with Gasteiger partial charge in [-0.2, -0.15) is 4.73 Å². The number of hydrogen-bond donors (Lipinski definition) is 1. The summed E-state index contributed by atoms with van der Waals surface area (Å²) in [6.45, 7) is 3.84. The van der Waals surface area contributed by atoms with Crippen LogP contribution in [0, 0.1) is 19.1 Å². The highest BCUT2D eigenvalue weighted by Gasteiger charge is 2.25. The minimum absolute atomic E-state index is 0.0647. The molecule has 132 valence electrons. The lowest BCUT2D eigenvalue weighted by Crippen LogP contribution is -2.40. The first kappa shape index (κ1) is 17.1. The van der Waals surface area contributed by atoms with Crippen molar-refractivity contribution in [3.8, 4) is 6.01 Å². The van der Waals surface area contributed by atoms with Crippen molar-refractivity contribution in [2.24, 2.45) is 0 Å². The Balaban J connectivity index is 1.51. The number of pyridine rings is 1. The molecule has 2 heterocycles. The third-order valence-electron chi connectivity index (χ3n) is 4.28. The molecule has 1 N–H and O–H groups in total. The topological polar surface area (TPSA) is 91.0 Å². The quantitative estimate of drug-likeness (QED) is 0.676. The zero-order valence-corrected chi connectivity index (χ0v) is 14.4. The fraction of sp³-hybridized carbons (Fsp3) is 0.444. The number of ether oxygens (including phenoxy) is 1. The SMILES string of the molecule is Cc1cc(C)nc(OC2CCC(NC(=O)c3ccc[n+]([O-])c3)CC2)n1. The van der Waals surface area contributed by atoms with E-state index < -0.39 is 0 Å². The van der Waals surface area contributed by atoms with Crippen molar-refractivity contribution in [1.29, 1.82) is 0 Å². The molecule has 25 heavy (non-hydrogen) atoms. The minimum Gasteiger partial charge on any atom is -0.619 e. The van der Waals surface area contributed by atoms with Crippen LogP contribution in [0.25, 0.3) is 0 Å². The van der Waals surface area contributed by atoms with Crippen LogP contribution in [-0.4, -0.2) is 28.0 Å². The van der Waals surface area contributed by atoms with Crippen molar-refractivity contribution in [2.75, 3.05) is 0 Å². The molecule has 1 amide bonds. The van der Waals surface area contributed by atoms with E-state index in [-0.39, 0.29) is 18.1 Å². The molecule has 0 spiro atoms. The summed E-state index contributed by atoms with van der Waals surface area (Å²) in [5, 5.41) is 14.2. The summed E-state index contributed by atoms with van der Waals surface area (Å²) in [6.07, 6.45) is 6.01. The highest BCUT2D eigenvalue weighted by Crippen LogP contribution is 2.22. The average Bonchev–Trinajstić information content (AvgIpc) is 2.56. The Morgan fingerprint density at radius 1 is 1.24 bits per heavy atom. The number of rotatable bonds is 4. The van der Waals surface area contributed by atoms with Gasteiger partial charge in [-0.25, -0.2) is 9.97 Å².